The number of primary amides is 1. The summed E-state index contributed by atoms with van der Waals surface area (Å²) < 4.78 is 0. The van der Waals surface area contributed by atoms with Crippen LogP contribution in [0.3, 0.4) is 0 Å². The molecule has 2 saturated heterocycles. The zero-order chi connectivity index (χ0) is 13.5. The van der Waals surface area contributed by atoms with Crippen LogP contribution in [0.2, 0.25) is 0 Å². The first-order chi connectivity index (χ1) is 9.13. The summed E-state index contributed by atoms with van der Waals surface area (Å²) in [6.07, 6.45) is 7.68. The van der Waals surface area contributed by atoms with Gasteiger partial charge in [-0.3, -0.25) is 9.59 Å². The van der Waals surface area contributed by atoms with E-state index >= 15 is 0 Å². The Hall–Kier alpha value is -1.10. The Balaban J connectivity index is 1.83. The molecule has 3 aliphatic rings. The quantitative estimate of drug-likeness (QED) is 0.637. The van der Waals surface area contributed by atoms with Crippen LogP contribution in [0.5, 0.6) is 0 Å². The number of hydrogen-bond donors (Lipinski definition) is 3. The summed E-state index contributed by atoms with van der Waals surface area (Å²) in [5.74, 6) is 0.178. The lowest BCUT2D eigenvalue weighted by Crippen LogP contribution is -2.37. The summed E-state index contributed by atoms with van der Waals surface area (Å²) in [5.41, 5.74) is 5.00. The van der Waals surface area contributed by atoms with E-state index in [1.165, 1.54) is 25.7 Å². The topological polar surface area (TPSA) is 84.2 Å². The average molecular weight is 265 g/mol. The van der Waals surface area contributed by atoms with E-state index in [0.29, 0.717) is 24.9 Å². The number of nitrogens with one attached hydrogen (secondary N) is 2. The number of nitrogens with two attached hydrogens (primary N) is 1. The third-order valence-corrected chi connectivity index (χ3v) is 5.32. The minimum absolute atomic E-state index is 0.139. The Labute approximate surface area is 113 Å². The van der Waals surface area contributed by atoms with Gasteiger partial charge in [0.25, 0.3) is 0 Å². The Kier molecular flexibility index (Phi) is 3.25. The SMILES string of the molecule is NC(=O)C1CC2(CN1)C(=O)NC1CCCCCCC12. The fraction of sp³-hybridized carbons (Fsp3) is 0.857. The van der Waals surface area contributed by atoms with Gasteiger partial charge in [0.15, 0.2) is 0 Å². The highest BCUT2D eigenvalue weighted by Crippen LogP contribution is 2.47. The maximum Gasteiger partial charge on any atom is 0.234 e. The van der Waals surface area contributed by atoms with Gasteiger partial charge < -0.3 is 16.4 Å². The van der Waals surface area contributed by atoms with Gasteiger partial charge in [-0.05, 0) is 25.2 Å². The van der Waals surface area contributed by atoms with Crippen molar-refractivity contribution in [2.75, 3.05) is 6.54 Å². The maximum atomic E-state index is 12.5. The second kappa shape index (κ2) is 4.78. The van der Waals surface area contributed by atoms with Crippen LogP contribution in [-0.2, 0) is 9.59 Å². The van der Waals surface area contributed by atoms with E-state index in [4.69, 9.17) is 5.73 Å². The number of amides is 2. The molecule has 1 aliphatic carbocycles. The molecule has 5 heteroatoms. The van der Waals surface area contributed by atoms with Crippen molar-refractivity contribution in [3.63, 3.8) is 0 Å². The van der Waals surface area contributed by atoms with Crippen LogP contribution in [0.4, 0.5) is 0 Å². The van der Waals surface area contributed by atoms with Crippen molar-refractivity contribution in [2.24, 2.45) is 17.1 Å². The van der Waals surface area contributed by atoms with Gasteiger partial charge in [-0.2, -0.15) is 0 Å². The number of carbonyl (C=O) groups excluding carboxylic acids is 2. The molecule has 1 spiro atoms. The zero-order valence-corrected chi connectivity index (χ0v) is 11.3. The fourth-order valence-corrected chi connectivity index (χ4v) is 4.27. The van der Waals surface area contributed by atoms with E-state index in [1.54, 1.807) is 0 Å². The summed E-state index contributed by atoms with van der Waals surface area (Å²) in [4.78, 5) is 23.8. The molecule has 0 bridgehead atoms. The van der Waals surface area contributed by atoms with Gasteiger partial charge in [-0.1, -0.05) is 25.7 Å². The fourth-order valence-electron chi connectivity index (χ4n) is 4.27. The molecule has 4 unspecified atom stereocenters. The number of hydrogen-bond acceptors (Lipinski definition) is 3. The lowest BCUT2D eigenvalue weighted by atomic mass is 9.69. The highest BCUT2D eigenvalue weighted by atomic mass is 16.2. The van der Waals surface area contributed by atoms with E-state index < -0.39 is 0 Å². The molecule has 0 aromatic carbocycles. The van der Waals surface area contributed by atoms with Crippen molar-refractivity contribution < 1.29 is 9.59 Å². The predicted molar refractivity (Wildman–Crippen MR) is 71.2 cm³/mol. The van der Waals surface area contributed by atoms with Crippen LogP contribution >= 0.6 is 0 Å². The molecule has 4 N–H and O–H groups in total. The average Bonchev–Trinajstić information content (AvgIpc) is 2.87. The van der Waals surface area contributed by atoms with Crippen molar-refractivity contribution in [3.05, 3.63) is 0 Å². The molecule has 2 heterocycles. The standard InChI is InChI=1S/C14H23N3O2/c15-12(18)11-7-14(8-16-11)9-5-3-1-2-4-6-10(9)17-13(14)19/h9-11,16H,1-8H2,(H2,15,18)(H,17,19). The molecule has 3 rings (SSSR count). The third kappa shape index (κ3) is 2.04. The van der Waals surface area contributed by atoms with Crippen LogP contribution in [0, 0.1) is 11.3 Å². The highest BCUT2D eigenvalue weighted by molar-refractivity contribution is 5.89. The monoisotopic (exact) mass is 265 g/mol. The Morgan fingerprint density at radius 1 is 1.21 bits per heavy atom. The predicted octanol–water partition coefficient (Wildman–Crippen LogP) is 0.289. The molecular weight excluding hydrogens is 242 g/mol. The molecule has 0 aromatic heterocycles. The molecule has 4 atom stereocenters. The summed E-state index contributed by atoms with van der Waals surface area (Å²) in [6.45, 7) is 0.605. The lowest BCUT2D eigenvalue weighted by molar-refractivity contribution is -0.128. The molecule has 2 aliphatic heterocycles. The lowest BCUT2D eigenvalue weighted by Gasteiger charge is -2.31. The summed E-state index contributed by atoms with van der Waals surface area (Å²) in [7, 11) is 0. The molecule has 3 fully saturated rings. The number of rotatable bonds is 1. The van der Waals surface area contributed by atoms with Gasteiger partial charge in [-0.25, -0.2) is 0 Å². The van der Waals surface area contributed by atoms with E-state index in [-0.39, 0.29) is 23.3 Å². The minimum Gasteiger partial charge on any atom is -0.368 e. The maximum absolute atomic E-state index is 12.5. The van der Waals surface area contributed by atoms with E-state index in [9.17, 15) is 9.59 Å². The minimum atomic E-state index is -0.387. The summed E-state index contributed by atoms with van der Waals surface area (Å²) >= 11 is 0. The molecule has 19 heavy (non-hydrogen) atoms. The van der Waals surface area contributed by atoms with E-state index in [1.807, 2.05) is 0 Å². The van der Waals surface area contributed by atoms with Gasteiger partial charge in [0.1, 0.15) is 0 Å². The largest absolute Gasteiger partial charge is 0.368 e. The zero-order valence-electron chi connectivity index (χ0n) is 11.3. The molecular formula is C14H23N3O2. The van der Waals surface area contributed by atoms with Crippen LogP contribution in [0.25, 0.3) is 0 Å². The van der Waals surface area contributed by atoms with Gasteiger partial charge >= 0.3 is 0 Å². The van der Waals surface area contributed by atoms with Crippen LogP contribution in [-0.4, -0.2) is 30.4 Å². The van der Waals surface area contributed by atoms with Gasteiger partial charge in [0, 0.05) is 12.6 Å². The molecule has 0 radical (unpaired) electrons. The van der Waals surface area contributed by atoms with Crippen LogP contribution < -0.4 is 16.4 Å². The van der Waals surface area contributed by atoms with Gasteiger partial charge in [0.2, 0.25) is 11.8 Å². The normalized spacial score (nSPS) is 42.5. The van der Waals surface area contributed by atoms with Crippen molar-refractivity contribution in [3.8, 4) is 0 Å². The Morgan fingerprint density at radius 3 is 2.63 bits per heavy atom. The van der Waals surface area contributed by atoms with Crippen LogP contribution in [0.15, 0.2) is 0 Å². The van der Waals surface area contributed by atoms with Crippen molar-refractivity contribution in [1.29, 1.82) is 0 Å². The summed E-state index contributed by atoms with van der Waals surface area (Å²) in [6, 6.07) is -0.0313. The first kappa shape index (κ1) is 12.9. The van der Waals surface area contributed by atoms with Gasteiger partial charge in [-0.15, -0.1) is 0 Å². The molecule has 5 nitrogen and oxygen atoms in total. The first-order valence-electron chi connectivity index (χ1n) is 7.47. The smallest absolute Gasteiger partial charge is 0.234 e. The van der Waals surface area contributed by atoms with E-state index in [2.05, 4.69) is 10.6 Å². The third-order valence-electron chi connectivity index (χ3n) is 5.32. The highest BCUT2D eigenvalue weighted by Gasteiger charge is 2.58. The van der Waals surface area contributed by atoms with Crippen molar-refractivity contribution in [2.45, 2.75) is 57.0 Å². The van der Waals surface area contributed by atoms with Gasteiger partial charge in [0.05, 0.1) is 11.5 Å². The second-order valence-corrected chi connectivity index (χ2v) is 6.37. The first-order valence-corrected chi connectivity index (χ1v) is 7.47. The van der Waals surface area contributed by atoms with Crippen molar-refractivity contribution in [1.82, 2.24) is 10.6 Å². The van der Waals surface area contributed by atoms with Crippen LogP contribution in [0.1, 0.15) is 44.9 Å². The Morgan fingerprint density at radius 2 is 1.95 bits per heavy atom. The number of carbonyl (C=O) groups is 2. The molecule has 106 valence electrons. The van der Waals surface area contributed by atoms with Crippen molar-refractivity contribution >= 4 is 11.8 Å². The van der Waals surface area contributed by atoms with E-state index in [0.717, 1.165) is 12.8 Å². The number of fused-ring (bicyclic) bond motifs is 2. The molecule has 1 saturated carbocycles. The Bertz CT molecular complexity index is 398. The second-order valence-electron chi connectivity index (χ2n) is 6.37. The molecule has 2 amide bonds. The molecule has 0 aromatic rings. The summed E-state index contributed by atoms with van der Waals surface area (Å²) in [5, 5.41) is 6.34.